The van der Waals surface area contributed by atoms with Crippen LogP contribution in [0.5, 0.6) is 0 Å². The van der Waals surface area contributed by atoms with E-state index in [4.69, 9.17) is 0 Å². The van der Waals surface area contributed by atoms with Crippen LogP contribution in [0.15, 0.2) is 24.5 Å². The number of likely N-dealkylation sites (tertiary alicyclic amines) is 1. The molecule has 0 bridgehead atoms. The zero-order valence-corrected chi connectivity index (χ0v) is 10.9. The first-order valence-corrected chi connectivity index (χ1v) is 6.63. The van der Waals surface area contributed by atoms with Crippen LogP contribution in [0.4, 0.5) is 0 Å². The number of carbonyl (C=O) groups excluding carboxylic acids is 1. The van der Waals surface area contributed by atoms with Crippen LogP contribution in [0.2, 0.25) is 0 Å². The summed E-state index contributed by atoms with van der Waals surface area (Å²) in [6.45, 7) is 1.76. The number of likely N-dealkylation sites (N-methyl/N-ethyl adjacent to an activating group) is 1. The quantitative estimate of drug-likeness (QED) is 0.870. The average Bonchev–Trinajstić information content (AvgIpc) is 2.46. The lowest BCUT2D eigenvalue weighted by molar-refractivity contribution is -0.132. The zero-order valence-electron chi connectivity index (χ0n) is 10.9. The molecule has 98 valence electrons. The molecule has 1 aromatic rings. The number of aryl methyl sites for hydroxylation is 1. The highest BCUT2D eigenvalue weighted by Crippen LogP contribution is 2.12. The molecule has 1 aliphatic rings. The summed E-state index contributed by atoms with van der Waals surface area (Å²) in [5.41, 5.74) is 1.18. The number of amides is 1. The largest absolute Gasteiger partial charge is 0.341 e. The fraction of sp³-hybridized carbons (Fsp3) is 0.571. The second kappa shape index (κ2) is 6.50. The van der Waals surface area contributed by atoms with E-state index < -0.39 is 0 Å². The Hall–Kier alpha value is -1.42. The highest BCUT2D eigenvalue weighted by atomic mass is 16.2. The highest BCUT2D eigenvalue weighted by molar-refractivity contribution is 5.76. The molecule has 4 heteroatoms. The Labute approximate surface area is 108 Å². The van der Waals surface area contributed by atoms with Gasteiger partial charge in [0.05, 0.1) is 0 Å². The van der Waals surface area contributed by atoms with Gasteiger partial charge < -0.3 is 10.2 Å². The van der Waals surface area contributed by atoms with E-state index >= 15 is 0 Å². The van der Waals surface area contributed by atoms with Crippen LogP contribution in [0.25, 0.3) is 0 Å². The van der Waals surface area contributed by atoms with Crippen molar-refractivity contribution in [3.8, 4) is 0 Å². The number of pyridine rings is 1. The number of aromatic nitrogens is 1. The predicted molar refractivity (Wildman–Crippen MR) is 71.2 cm³/mol. The van der Waals surface area contributed by atoms with Gasteiger partial charge in [-0.1, -0.05) is 0 Å². The Kier molecular flexibility index (Phi) is 4.70. The van der Waals surface area contributed by atoms with Crippen molar-refractivity contribution in [3.05, 3.63) is 30.1 Å². The topological polar surface area (TPSA) is 45.2 Å². The molecule has 1 saturated heterocycles. The summed E-state index contributed by atoms with van der Waals surface area (Å²) in [7, 11) is 1.97. The maximum absolute atomic E-state index is 12.1. The average molecular weight is 247 g/mol. The first-order chi connectivity index (χ1) is 8.79. The standard InChI is InChI=1S/C14H21N3O/c1-15-13-3-2-10-17(11-13)14(18)5-4-12-6-8-16-9-7-12/h6-9,13,15H,2-5,10-11H2,1H3/t13-/m0/s1. The van der Waals surface area contributed by atoms with Gasteiger partial charge in [-0.15, -0.1) is 0 Å². The van der Waals surface area contributed by atoms with Gasteiger partial charge in [0.25, 0.3) is 0 Å². The third-order valence-corrected chi connectivity index (χ3v) is 3.56. The molecule has 0 radical (unpaired) electrons. The van der Waals surface area contributed by atoms with Crippen LogP contribution in [-0.4, -0.2) is 42.0 Å². The predicted octanol–water partition coefficient (Wildman–Crippen LogP) is 1.22. The number of rotatable bonds is 4. The van der Waals surface area contributed by atoms with Gasteiger partial charge in [-0.3, -0.25) is 9.78 Å². The van der Waals surface area contributed by atoms with E-state index in [-0.39, 0.29) is 5.91 Å². The molecule has 1 aliphatic heterocycles. The summed E-state index contributed by atoms with van der Waals surface area (Å²) in [4.78, 5) is 18.1. The summed E-state index contributed by atoms with van der Waals surface area (Å²) in [6.07, 6.45) is 7.23. The van der Waals surface area contributed by atoms with E-state index in [1.54, 1.807) is 12.4 Å². The third-order valence-electron chi connectivity index (χ3n) is 3.56. The summed E-state index contributed by atoms with van der Waals surface area (Å²) >= 11 is 0. The number of nitrogens with zero attached hydrogens (tertiary/aromatic N) is 2. The molecule has 0 saturated carbocycles. The van der Waals surface area contributed by atoms with Crippen molar-refractivity contribution in [2.24, 2.45) is 0 Å². The SMILES string of the molecule is CN[C@H]1CCCN(C(=O)CCc2ccncc2)C1. The highest BCUT2D eigenvalue weighted by Gasteiger charge is 2.21. The molecule has 1 amide bonds. The van der Waals surface area contributed by atoms with Crippen LogP contribution >= 0.6 is 0 Å². The fourth-order valence-electron chi connectivity index (χ4n) is 2.40. The maximum Gasteiger partial charge on any atom is 0.222 e. The van der Waals surface area contributed by atoms with E-state index in [9.17, 15) is 4.79 Å². The Balaban J connectivity index is 1.81. The van der Waals surface area contributed by atoms with Gasteiger partial charge in [-0.05, 0) is 44.0 Å². The Morgan fingerprint density at radius 2 is 2.28 bits per heavy atom. The van der Waals surface area contributed by atoms with Gasteiger partial charge >= 0.3 is 0 Å². The second-order valence-electron chi connectivity index (χ2n) is 4.82. The van der Waals surface area contributed by atoms with E-state index in [1.807, 2.05) is 24.1 Å². The fourth-order valence-corrected chi connectivity index (χ4v) is 2.40. The van der Waals surface area contributed by atoms with Crippen molar-refractivity contribution in [1.82, 2.24) is 15.2 Å². The van der Waals surface area contributed by atoms with Gasteiger partial charge in [0, 0.05) is 37.9 Å². The van der Waals surface area contributed by atoms with Crippen LogP contribution < -0.4 is 5.32 Å². The van der Waals surface area contributed by atoms with Gasteiger partial charge in [-0.2, -0.15) is 0 Å². The van der Waals surface area contributed by atoms with E-state index in [0.717, 1.165) is 25.9 Å². The van der Waals surface area contributed by atoms with Gasteiger partial charge in [0.1, 0.15) is 0 Å². The summed E-state index contributed by atoms with van der Waals surface area (Å²) in [5.74, 6) is 0.270. The minimum Gasteiger partial charge on any atom is -0.341 e. The lowest BCUT2D eigenvalue weighted by Crippen LogP contribution is -2.47. The number of piperidine rings is 1. The first-order valence-electron chi connectivity index (χ1n) is 6.63. The van der Waals surface area contributed by atoms with Crippen LogP contribution in [0, 0.1) is 0 Å². The molecular weight excluding hydrogens is 226 g/mol. The second-order valence-corrected chi connectivity index (χ2v) is 4.82. The molecule has 0 unspecified atom stereocenters. The van der Waals surface area contributed by atoms with E-state index in [1.165, 1.54) is 12.0 Å². The Morgan fingerprint density at radius 3 is 3.00 bits per heavy atom. The number of hydrogen-bond acceptors (Lipinski definition) is 3. The summed E-state index contributed by atoms with van der Waals surface area (Å²) in [6, 6.07) is 4.41. The lowest BCUT2D eigenvalue weighted by Gasteiger charge is -2.32. The Bertz CT molecular complexity index is 380. The Morgan fingerprint density at radius 1 is 1.50 bits per heavy atom. The molecule has 1 atom stereocenters. The van der Waals surface area contributed by atoms with Crippen LogP contribution in [0.3, 0.4) is 0 Å². The van der Waals surface area contributed by atoms with Crippen molar-refractivity contribution in [1.29, 1.82) is 0 Å². The molecule has 0 spiro atoms. The third kappa shape index (κ3) is 3.53. The van der Waals surface area contributed by atoms with E-state index in [2.05, 4.69) is 10.3 Å². The zero-order chi connectivity index (χ0) is 12.8. The van der Waals surface area contributed by atoms with Crippen LogP contribution in [0.1, 0.15) is 24.8 Å². The monoisotopic (exact) mass is 247 g/mol. The molecule has 1 N–H and O–H groups in total. The molecule has 4 nitrogen and oxygen atoms in total. The maximum atomic E-state index is 12.1. The summed E-state index contributed by atoms with van der Waals surface area (Å²) in [5, 5.41) is 3.26. The van der Waals surface area contributed by atoms with Crippen LogP contribution in [-0.2, 0) is 11.2 Å². The molecule has 0 aliphatic carbocycles. The van der Waals surface area contributed by atoms with Crippen molar-refractivity contribution in [2.45, 2.75) is 31.7 Å². The smallest absolute Gasteiger partial charge is 0.222 e. The number of nitrogens with one attached hydrogen (secondary N) is 1. The van der Waals surface area contributed by atoms with Crippen molar-refractivity contribution in [3.63, 3.8) is 0 Å². The lowest BCUT2D eigenvalue weighted by atomic mass is 10.0. The number of hydrogen-bond donors (Lipinski definition) is 1. The molecule has 1 aromatic heterocycles. The number of carbonyl (C=O) groups is 1. The molecule has 1 fully saturated rings. The van der Waals surface area contributed by atoms with Crippen molar-refractivity contribution < 1.29 is 4.79 Å². The minimum atomic E-state index is 0.270. The van der Waals surface area contributed by atoms with Gasteiger partial charge in [-0.25, -0.2) is 0 Å². The summed E-state index contributed by atoms with van der Waals surface area (Å²) < 4.78 is 0. The molecule has 2 rings (SSSR count). The van der Waals surface area contributed by atoms with Crippen molar-refractivity contribution in [2.75, 3.05) is 20.1 Å². The van der Waals surface area contributed by atoms with Gasteiger partial charge in [0.2, 0.25) is 5.91 Å². The molecule has 0 aromatic carbocycles. The normalized spacial score (nSPS) is 19.8. The molecular formula is C14H21N3O. The van der Waals surface area contributed by atoms with E-state index in [0.29, 0.717) is 12.5 Å². The molecule has 18 heavy (non-hydrogen) atoms. The minimum absolute atomic E-state index is 0.270. The first kappa shape index (κ1) is 13.0. The van der Waals surface area contributed by atoms with Crippen molar-refractivity contribution >= 4 is 5.91 Å². The molecule has 2 heterocycles. The van der Waals surface area contributed by atoms with Gasteiger partial charge in [0.15, 0.2) is 0 Å².